The number of rotatable bonds is 5. The lowest BCUT2D eigenvalue weighted by Crippen LogP contribution is -2.42. The maximum Gasteiger partial charge on any atom is 0.304 e. The van der Waals surface area contributed by atoms with E-state index in [1.807, 2.05) is 31.1 Å². The van der Waals surface area contributed by atoms with Gasteiger partial charge < -0.3 is 5.11 Å². The zero-order valence-corrected chi connectivity index (χ0v) is 13.2. The third kappa shape index (κ3) is 3.89. The molecule has 0 atom stereocenters. The van der Waals surface area contributed by atoms with Crippen molar-refractivity contribution in [3.05, 3.63) is 33.7 Å². The van der Waals surface area contributed by atoms with Crippen LogP contribution in [0.15, 0.2) is 22.4 Å². The average Bonchev–Trinajstić information content (AvgIpc) is 2.81. The Morgan fingerprint density at radius 1 is 1.48 bits per heavy atom. The summed E-state index contributed by atoms with van der Waals surface area (Å²) in [6.45, 7) is 6.94. The van der Waals surface area contributed by atoms with Crippen LogP contribution in [0.5, 0.6) is 0 Å². The maximum atomic E-state index is 12.0. The van der Waals surface area contributed by atoms with Gasteiger partial charge in [-0.2, -0.15) is 0 Å². The average molecular weight is 309 g/mol. The van der Waals surface area contributed by atoms with E-state index in [4.69, 9.17) is 5.11 Å². The third-order valence-corrected chi connectivity index (χ3v) is 4.01. The lowest BCUT2D eigenvalue weighted by Gasteiger charge is -2.35. The Morgan fingerprint density at radius 3 is 2.81 bits per heavy atom. The third-order valence-electron chi connectivity index (χ3n) is 3.25. The number of hydrogen-bond donors (Lipinski definition) is 1. The molecule has 2 heterocycles. The van der Waals surface area contributed by atoms with Crippen molar-refractivity contribution in [3.63, 3.8) is 0 Å². The number of thiazole rings is 1. The fourth-order valence-corrected chi connectivity index (χ4v) is 2.79. The van der Waals surface area contributed by atoms with Crippen molar-refractivity contribution in [1.82, 2.24) is 14.3 Å². The number of hydrogen-bond acceptors (Lipinski definition) is 5. The first-order chi connectivity index (χ1) is 9.77. The second kappa shape index (κ2) is 5.95. The quantitative estimate of drug-likeness (QED) is 0.912. The highest BCUT2D eigenvalue weighted by Gasteiger charge is 2.22. The molecule has 0 radical (unpaired) electrons. The molecule has 0 aromatic carbocycles. The van der Waals surface area contributed by atoms with E-state index in [-0.39, 0.29) is 17.5 Å². The minimum absolute atomic E-state index is 0.0670. The molecule has 2 rings (SSSR count). The molecule has 0 spiro atoms. The molecule has 0 aliphatic rings. The molecule has 0 saturated heterocycles. The molecule has 21 heavy (non-hydrogen) atoms. The molecular weight excluding hydrogens is 290 g/mol. The molecule has 0 saturated carbocycles. The Kier molecular flexibility index (Phi) is 4.43. The van der Waals surface area contributed by atoms with Crippen LogP contribution in [0.25, 0.3) is 4.96 Å². The smallest absolute Gasteiger partial charge is 0.304 e. The molecule has 0 amide bonds. The molecule has 0 fully saturated rings. The Morgan fingerprint density at radius 2 is 2.19 bits per heavy atom. The van der Waals surface area contributed by atoms with Gasteiger partial charge in [-0.1, -0.05) is 0 Å². The van der Waals surface area contributed by atoms with Crippen molar-refractivity contribution in [2.45, 2.75) is 39.3 Å². The molecule has 2 aromatic rings. The largest absolute Gasteiger partial charge is 0.481 e. The van der Waals surface area contributed by atoms with E-state index in [1.165, 1.54) is 21.8 Å². The second-order valence-electron chi connectivity index (χ2n) is 5.88. The van der Waals surface area contributed by atoms with E-state index in [1.54, 1.807) is 6.20 Å². The normalized spacial score (nSPS) is 12.2. The number of nitrogens with zero attached hydrogens (tertiary/aromatic N) is 3. The molecule has 0 aliphatic heterocycles. The number of carboxylic acid groups (broad SMARTS) is 1. The molecule has 7 heteroatoms. The van der Waals surface area contributed by atoms with Crippen molar-refractivity contribution in [1.29, 1.82) is 0 Å². The summed E-state index contributed by atoms with van der Waals surface area (Å²) in [4.78, 5) is 29.9. The fourth-order valence-electron chi connectivity index (χ4n) is 2.05. The Labute approximate surface area is 126 Å². The van der Waals surface area contributed by atoms with Crippen LogP contribution in [-0.2, 0) is 11.3 Å². The number of carboxylic acids is 1. The lowest BCUT2D eigenvalue weighted by atomic mass is 10.1. The predicted octanol–water partition coefficient (Wildman–Crippen LogP) is 1.83. The van der Waals surface area contributed by atoms with E-state index in [0.717, 1.165) is 0 Å². The number of aliphatic carboxylic acids is 1. The van der Waals surface area contributed by atoms with Crippen LogP contribution < -0.4 is 5.56 Å². The topological polar surface area (TPSA) is 74.9 Å². The van der Waals surface area contributed by atoms with Crippen LogP contribution in [-0.4, -0.2) is 37.4 Å². The molecular formula is C14H19N3O3S. The highest BCUT2D eigenvalue weighted by Crippen LogP contribution is 2.17. The molecule has 0 unspecified atom stereocenters. The van der Waals surface area contributed by atoms with Gasteiger partial charge in [0.25, 0.3) is 5.56 Å². The van der Waals surface area contributed by atoms with Gasteiger partial charge in [0.1, 0.15) is 0 Å². The lowest BCUT2D eigenvalue weighted by molar-refractivity contribution is -0.137. The van der Waals surface area contributed by atoms with E-state index >= 15 is 0 Å². The summed E-state index contributed by atoms with van der Waals surface area (Å²) in [6.07, 6.45) is 1.77. The van der Waals surface area contributed by atoms with Crippen molar-refractivity contribution < 1.29 is 9.90 Å². The van der Waals surface area contributed by atoms with Gasteiger partial charge in [-0.3, -0.25) is 18.9 Å². The van der Waals surface area contributed by atoms with E-state index < -0.39 is 5.97 Å². The van der Waals surface area contributed by atoms with Crippen LogP contribution in [0.4, 0.5) is 0 Å². The summed E-state index contributed by atoms with van der Waals surface area (Å²) in [5.74, 6) is -0.828. The fraction of sp³-hybridized carbons (Fsp3) is 0.500. The number of aromatic nitrogens is 2. The molecule has 0 bridgehead atoms. The first-order valence-electron chi connectivity index (χ1n) is 6.70. The van der Waals surface area contributed by atoms with Gasteiger partial charge in [0.2, 0.25) is 0 Å². The molecule has 2 aromatic heterocycles. The zero-order chi connectivity index (χ0) is 15.6. The van der Waals surface area contributed by atoms with Crippen molar-refractivity contribution in [3.8, 4) is 0 Å². The van der Waals surface area contributed by atoms with Crippen LogP contribution in [0, 0.1) is 0 Å². The molecule has 1 N–H and O–H groups in total. The van der Waals surface area contributed by atoms with Crippen LogP contribution in [0.2, 0.25) is 0 Å². The Bertz CT molecular complexity index is 699. The predicted molar refractivity (Wildman–Crippen MR) is 81.8 cm³/mol. The minimum atomic E-state index is -0.828. The van der Waals surface area contributed by atoms with Crippen molar-refractivity contribution >= 4 is 22.3 Å². The molecule has 0 aliphatic carbocycles. The Balaban J connectivity index is 2.25. The summed E-state index contributed by atoms with van der Waals surface area (Å²) < 4.78 is 1.51. The van der Waals surface area contributed by atoms with Crippen LogP contribution in [0.1, 0.15) is 32.9 Å². The standard InChI is InChI=1S/C14H19N3O3S/c1-14(2,3)16(5-4-12(19)20)9-10-8-11(18)17-6-7-21-13(17)15-10/h6-8H,4-5,9H2,1-3H3,(H,19,20). The molecule has 114 valence electrons. The SMILES string of the molecule is CC(C)(C)N(CCC(=O)O)Cc1cc(=O)n2ccsc2n1. The van der Waals surface area contributed by atoms with Gasteiger partial charge in [0, 0.05) is 36.3 Å². The summed E-state index contributed by atoms with van der Waals surface area (Å²) in [5.41, 5.74) is 0.365. The van der Waals surface area contributed by atoms with Gasteiger partial charge in [-0.15, -0.1) is 11.3 Å². The Hall–Kier alpha value is -1.73. The van der Waals surface area contributed by atoms with Gasteiger partial charge in [-0.25, -0.2) is 4.98 Å². The van der Waals surface area contributed by atoms with Gasteiger partial charge >= 0.3 is 5.97 Å². The maximum absolute atomic E-state index is 12.0. The highest BCUT2D eigenvalue weighted by molar-refractivity contribution is 7.15. The first kappa shape index (κ1) is 15.7. The monoisotopic (exact) mass is 309 g/mol. The summed E-state index contributed by atoms with van der Waals surface area (Å²) in [5, 5.41) is 10.7. The highest BCUT2D eigenvalue weighted by atomic mass is 32.1. The zero-order valence-electron chi connectivity index (χ0n) is 12.4. The van der Waals surface area contributed by atoms with Crippen molar-refractivity contribution in [2.75, 3.05) is 6.54 Å². The summed E-state index contributed by atoms with van der Waals surface area (Å²) in [6, 6.07) is 1.51. The summed E-state index contributed by atoms with van der Waals surface area (Å²) in [7, 11) is 0. The van der Waals surface area contributed by atoms with Crippen LogP contribution in [0.3, 0.4) is 0 Å². The van der Waals surface area contributed by atoms with Gasteiger partial charge in [0.15, 0.2) is 4.96 Å². The van der Waals surface area contributed by atoms with E-state index in [0.29, 0.717) is 23.7 Å². The van der Waals surface area contributed by atoms with Crippen molar-refractivity contribution in [2.24, 2.45) is 0 Å². The van der Waals surface area contributed by atoms with Gasteiger partial charge in [-0.05, 0) is 20.8 Å². The second-order valence-corrected chi connectivity index (χ2v) is 6.75. The molecule has 6 nitrogen and oxygen atoms in total. The van der Waals surface area contributed by atoms with E-state index in [9.17, 15) is 9.59 Å². The number of carbonyl (C=O) groups is 1. The minimum Gasteiger partial charge on any atom is -0.481 e. The van der Waals surface area contributed by atoms with E-state index in [2.05, 4.69) is 4.98 Å². The first-order valence-corrected chi connectivity index (χ1v) is 7.58. The van der Waals surface area contributed by atoms with Gasteiger partial charge in [0.05, 0.1) is 12.1 Å². The number of fused-ring (bicyclic) bond motifs is 1. The summed E-state index contributed by atoms with van der Waals surface area (Å²) >= 11 is 1.41. The van der Waals surface area contributed by atoms with Crippen LogP contribution >= 0.6 is 11.3 Å².